The number of nitrogens with zero attached hydrogens (tertiary/aromatic N) is 1. The van der Waals surface area contributed by atoms with Crippen molar-refractivity contribution < 1.29 is 13.3 Å². The molecule has 0 fully saturated rings. The molecule has 0 aliphatic carbocycles. The van der Waals surface area contributed by atoms with Crippen molar-refractivity contribution in [1.29, 1.82) is 0 Å². The third-order valence-corrected chi connectivity index (χ3v) is 3.27. The Labute approximate surface area is 123 Å². The van der Waals surface area contributed by atoms with Gasteiger partial charge < -0.3 is 10.3 Å². The summed E-state index contributed by atoms with van der Waals surface area (Å²) < 4.78 is 32.8. The second kappa shape index (κ2) is 5.18. The van der Waals surface area contributed by atoms with E-state index in [0.29, 0.717) is 16.1 Å². The number of hydrogen-bond acceptors (Lipinski definition) is 3. The van der Waals surface area contributed by atoms with Crippen molar-refractivity contribution >= 4 is 17.5 Å². The van der Waals surface area contributed by atoms with Gasteiger partial charge in [-0.05, 0) is 29.8 Å². The Morgan fingerprint density at radius 2 is 1.67 bits per heavy atom. The average molecular weight is 307 g/mol. The van der Waals surface area contributed by atoms with E-state index in [1.807, 2.05) is 0 Å². The van der Waals surface area contributed by atoms with Crippen LogP contribution in [0.25, 0.3) is 22.4 Å². The lowest BCUT2D eigenvalue weighted by Gasteiger charge is -2.05. The molecule has 0 amide bonds. The van der Waals surface area contributed by atoms with Gasteiger partial charge in [-0.25, -0.2) is 8.78 Å². The first-order chi connectivity index (χ1) is 10.1. The van der Waals surface area contributed by atoms with Crippen LogP contribution >= 0.6 is 11.6 Å². The van der Waals surface area contributed by atoms with Crippen LogP contribution in [0.3, 0.4) is 0 Å². The van der Waals surface area contributed by atoms with E-state index in [1.165, 1.54) is 6.07 Å². The van der Waals surface area contributed by atoms with Crippen molar-refractivity contribution in [3.8, 4) is 22.4 Å². The van der Waals surface area contributed by atoms with Gasteiger partial charge in [-0.1, -0.05) is 35.0 Å². The lowest BCUT2D eigenvalue weighted by atomic mass is 10.0. The number of aromatic nitrogens is 1. The molecule has 3 nitrogen and oxygen atoms in total. The van der Waals surface area contributed by atoms with Crippen molar-refractivity contribution in [3.63, 3.8) is 0 Å². The van der Waals surface area contributed by atoms with Gasteiger partial charge in [0.25, 0.3) is 0 Å². The van der Waals surface area contributed by atoms with Crippen molar-refractivity contribution in [2.75, 3.05) is 5.73 Å². The van der Waals surface area contributed by atoms with Crippen LogP contribution in [0.15, 0.2) is 47.0 Å². The molecular weight excluding hydrogens is 298 g/mol. The second-order valence-corrected chi connectivity index (χ2v) is 4.81. The highest BCUT2D eigenvalue weighted by Gasteiger charge is 2.23. The third-order valence-electron chi connectivity index (χ3n) is 3.03. The van der Waals surface area contributed by atoms with E-state index < -0.39 is 11.6 Å². The van der Waals surface area contributed by atoms with E-state index in [0.717, 1.165) is 12.1 Å². The van der Waals surface area contributed by atoms with Crippen LogP contribution in [0.5, 0.6) is 0 Å². The van der Waals surface area contributed by atoms with Crippen LogP contribution in [0.1, 0.15) is 0 Å². The Hall–Kier alpha value is -2.40. The SMILES string of the molecule is Nc1onc(-c2c(F)cccc2F)c1-c1cccc(Cl)c1. The summed E-state index contributed by atoms with van der Waals surface area (Å²) in [5, 5.41) is 4.16. The largest absolute Gasteiger partial charge is 0.367 e. The van der Waals surface area contributed by atoms with E-state index in [-0.39, 0.29) is 17.1 Å². The number of rotatable bonds is 2. The number of nitrogens with two attached hydrogens (primary N) is 1. The minimum absolute atomic E-state index is 0.00497. The predicted octanol–water partition coefficient (Wildman–Crippen LogP) is 4.52. The lowest BCUT2D eigenvalue weighted by molar-refractivity contribution is 0.438. The summed E-state index contributed by atoms with van der Waals surface area (Å²) >= 11 is 5.94. The Balaban J connectivity index is 2.27. The van der Waals surface area contributed by atoms with E-state index in [9.17, 15) is 8.78 Å². The fourth-order valence-corrected chi connectivity index (χ4v) is 2.31. The summed E-state index contributed by atoms with van der Waals surface area (Å²) in [5.74, 6) is -1.52. The predicted molar refractivity (Wildman–Crippen MR) is 76.7 cm³/mol. The number of hydrogen-bond donors (Lipinski definition) is 1. The van der Waals surface area contributed by atoms with E-state index in [1.54, 1.807) is 24.3 Å². The molecule has 3 aromatic rings. The average Bonchev–Trinajstić information content (AvgIpc) is 2.80. The van der Waals surface area contributed by atoms with E-state index in [4.69, 9.17) is 21.9 Å². The highest BCUT2D eigenvalue weighted by Crippen LogP contribution is 2.38. The number of halogens is 3. The highest BCUT2D eigenvalue weighted by molar-refractivity contribution is 6.30. The molecular formula is C15H9ClF2N2O. The molecule has 2 N–H and O–H groups in total. The maximum absolute atomic E-state index is 13.9. The molecule has 0 aliphatic rings. The summed E-state index contributed by atoms with van der Waals surface area (Å²) in [6.07, 6.45) is 0. The van der Waals surface area contributed by atoms with Gasteiger partial charge in [-0.2, -0.15) is 0 Å². The molecule has 1 aromatic heterocycles. The summed E-state index contributed by atoms with van der Waals surface area (Å²) in [7, 11) is 0. The van der Waals surface area contributed by atoms with Gasteiger partial charge in [0.15, 0.2) is 0 Å². The van der Waals surface area contributed by atoms with Crippen LogP contribution < -0.4 is 5.73 Å². The van der Waals surface area contributed by atoms with E-state index in [2.05, 4.69) is 5.16 Å². The maximum atomic E-state index is 13.9. The van der Waals surface area contributed by atoms with Crippen molar-refractivity contribution in [3.05, 3.63) is 59.1 Å². The molecule has 0 saturated carbocycles. The van der Waals surface area contributed by atoms with Gasteiger partial charge >= 0.3 is 0 Å². The molecule has 0 aliphatic heterocycles. The van der Waals surface area contributed by atoms with Crippen LogP contribution in [-0.2, 0) is 0 Å². The van der Waals surface area contributed by atoms with Gasteiger partial charge in [-0.15, -0.1) is 0 Å². The quantitative estimate of drug-likeness (QED) is 0.757. The zero-order chi connectivity index (χ0) is 15.0. The minimum atomic E-state index is -0.744. The molecule has 1 heterocycles. The molecule has 0 bridgehead atoms. The molecule has 0 spiro atoms. The first kappa shape index (κ1) is 13.6. The van der Waals surface area contributed by atoms with Crippen LogP contribution in [0, 0.1) is 11.6 Å². The number of benzene rings is 2. The summed E-state index contributed by atoms with van der Waals surface area (Å²) in [6, 6.07) is 10.3. The lowest BCUT2D eigenvalue weighted by Crippen LogP contribution is -1.93. The summed E-state index contributed by atoms with van der Waals surface area (Å²) in [6.45, 7) is 0. The minimum Gasteiger partial charge on any atom is -0.367 e. The molecule has 0 radical (unpaired) electrons. The molecule has 3 rings (SSSR count). The van der Waals surface area contributed by atoms with Crippen LogP contribution in [0.2, 0.25) is 5.02 Å². The number of anilines is 1. The standard InChI is InChI=1S/C15H9ClF2N2O/c16-9-4-1-3-8(7-9)12-14(20-21-15(12)19)13-10(17)5-2-6-11(13)18/h1-7H,19H2. The van der Waals surface area contributed by atoms with Gasteiger partial charge in [0, 0.05) is 5.02 Å². The smallest absolute Gasteiger partial charge is 0.230 e. The van der Waals surface area contributed by atoms with Crippen molar-refractivity contribution in [1.82, 2.24) is 5.16 Å². The fraction of sp³-hybridized carbons (Fsp3) is 0. The van der Waals surface area contributed by atoms with Crippen molar-refractivity contribution in [2.24, 2.45) is 0 Å². The topological polar surface area (TPSA) is 52.0 Å². The molecule has 0 unspecified atom stereocenters. The Bertz CT molecular complexity index is 797. The van der Waals surface area contributed by atoms with Gasteiger partial charge in [-0.3, -0.25) is 0 Å². The molecule has 106 valence electrons. The van der Waals surface area contributed by atoms with Crippen molar-refractivity contribution in [2.45, 2.75) is 0 Å². The normalized spacial score (nSPS) is 10.8. The first-order valence-corrected chi connectivity index (χ1v) is 6.41. The van der Waals surface area contributed by atoms with Gasteiger partial charge in [0.05, 0.1) is 11.1 Å². The van der Waals surface area contributed by atoms with Crippen LogP contribution in [-0.4, -0.2) is 5.16 Å². The Kier molecular flexibility index (Phi) is 3.35. The molecule has 0 atom stereocenters. The zero-order valence-electron chi connectivity index (χ0n) is 10.6. The second-order valence-electron chi connectivity index (χ2n) is 4.38. The highest BCUT2D eigenvalue weighted by atomic mass is 35.5. The van der Waals surface area contributed by atoms with E-state index >= 15 is 0 Å². The fourth-order valence-electron chi connectivity index (χ4n) is 2.12. The third kappa shape index (κ3) is 2.36. The molecule has 6 heteroatoms. The monoisotopic (exact) mass is 306 g/mol. The summed E-state index contributed by atoms with van der Waals surface area (Å²) in [5.41, 5.74) is 6.34. The van der Waals surface area contributed by atoms with Gasteiger partial charge in [0.2, 0.25) is 5.88 Å². The Morgan fingerprint density at radius 1 is 1.00 bits per heavy atom. The first-order valence-electron chi connectivity index (χ1n) is 6.03. The van der Waals surface area contributed by atoms with Gasteiger partial charge in [0.1, 0.15) is 17.3 Å². The number of nitrogen functional groups attached to an aromatic ring is 1. The molecule has 21 heavy (non-hydrogen) atoms. The molecule has 2 aromatic carbocycles. The van der Waals surface area contributed by atoms with Crippen LogP contribution in [0.4, 0.5) is 14.7 Å². The zero-order valence-corrected chi connectivity index (χ0v) is 11.4. The Morgan fingerprint density at radius 3 is 2.33 bits per heavy atom. The summed E-state index contributed by atoms with van der Waals surface area (Å²) in [4.78, 5) is 0. The maximum Gasteiger partial charge on any atom is 0.230 e. The molecule has 0 saturated heterocycles.